The van der Waals surface area contributed by atoms with Gasteiger partial charge in [0, 0.05) is 4.47 Å². The van der Waals surface area contributed by atoms with Crippen LogP contribution in [0.15, 0.2) is 55.1 Å². The molecule has 0 aliphatic heterocycles. The third kappa shape index (κ3) is 6.06. The number of furan rings is 1. The van der Waals surface area contributed by atoms with Crippen LogP contribution < -0.4 is 14.9 Å². The Hall–Kier alpha value is -2.06. The van der Waals surface area contributed by atoms with E-state index in [0.717, 1.165) is 4.47 Å². The zero-order valence-corrected chi connectivity index (χ0v) is 16.8. The number of methoxy groups -OCH3 is 1. The maximum absolute atomic E-state index is 11.9. The molecule has 1 amide bonds. The first kappa shape index (κ1) is 19.3. The van der Waals surface area contributed by atoms with E-state index >= 15 is 0 Å². The minimum Gasteiger partial charge on any atom is -0.493 e. The number of halogens is 2. The first-order valence-electron chi connectivity index (χ1n) is 7.20. The molecule has 0 unspecified atom stereocenters. The number of benzene rings is 1. The van der Waals surface area contributed by atoms with Crippen LogP contribution in [-0.2, 0) is 4.79 Å². The molecule has 132 valence electrons. The van der Waals surface area contributed by atoms with Gasteiger partial charge in [-0.2, -0.15) is 5.10 Å². The minimum atomic E-state index is -0.386. The number of allylic oxidation sites excluding steroid dienone is 1. The van der Waals surface area contributed by atoms with Crippen molar-refractivity contribution in [2.24, 2.45) is 5.10 Å². The van der Waals surface area contributed by atoms with Gasteiger partial charge in [0.2, 0.25) is 0 Å². The molecule has 0 saturated heterocycles. The topological polar surface area (TPSA) is 73.1 Å². The molecule has 1 aromatic heterocycles. The standard InChI is InChI=1S/C17H16Br2N2O4/c1-11(5-6-13-4-3-7-24-13)20-21-16(22)10-25-17-14(19)8-12(18)9-15(17)23-2/h3-9H,10H2,1-2H3,(H,21,22)/b6-5+,20-11?. The maximum atomic E-state index is 11.9. The fourth-order valence-electron chi connectivity index (χ4n) is 1.78. The number of ether oxygens (including phenoxy) is 2. The second-order valence-electron chi connectivity index (χ2n) is 4.84. The molecule has 0 fully saturated rings. The molecule has 1 N–H and O–H groups in total. The van der Waals surface area contributed by atoms with E-state index in [9.17, 15) is 4.79 Å². The van der Waals surface area contributed by atoms with Crippen molar-refractivity contribution < 1.29 is 18.7 Å². The number of amides is 1. The lowest BCUT2D eigenvalue weighted by atomic mass is 10.3. The smallest absolute Gasteiger partial charge is 0.277 e. The number of hydrazone groups is 1. The van der Waals surface area contributed by atoms with Crippen molar-refractivity contribution in [1.29, 1.82) is 0 Å². The largest absolute Gasteiger partial charge is 0.493 e. The molecule has 0 atom stereocenters. The summed E-state index contributed by atoms with van der Waals surface area (Å²) in [5, 5.41) is 3.97. The van der Waals surface area contributed by atoms with Crippen molar-refractivity contribution in [3.63, 3.8) is 0 Å². The molecule has 0 spiro atoms. The Kier molecular flexibility index (Phi) is 7.27. The zero-order chi connectivity index (χ0) is 18.2. The van der Waals surface area contributed by atoms with Gasteiger partial charge < -0.3 is 13.9 Å². The van der Waals surface area contributed by atoms with Crippen LogP contribution in [-0.4, -0.2) is 25.3 Å². The van der Waals surface area contributed by atoms with E-state index in [1.807, 2.05) is 6.07 Å². The summed E-state index contributed by atoms with van der Waals surface area (Å²) in [6.45, 7) is 1.56. The average molecular weight is 472 g/mol. The molecule has 2 aromatic rings. The van der Waals surface area contributed by atoms with Crippen LogP contribution in [0.1, 0.15) is 12.7 Å². The lowest BCUT2D eigenvalue weighted by molar-refractivity contribution is -0.123. The predicted octanol–water partition coefficient (Wildman–Crippen LogP) is 4.40. The van der Waals surface area contributed by atoms with Gasteiger partial charge in [0.25, 0.3) is 5.91 Å². The Labute approximate surface area is 162 Å². The lowest BCUT2D eigenvalue weighted by Gasteiger charge is -2.12. The number of rotatable bonds is 7. The van der Waals surface area contributed by atoms with E-state index in [4.69, 9.17) is 13.9 Å². The van der Waals surface area contributed by atoms with Gasteiger partial charge in [-0.3, -0.25) is 4.79 Å². The highest BCUT2D eigenvalue weighted by atomic mass is 79.9. The van der Waals surface area contributed by atoms with Crippen LogP contribution in [0.4, 0.5) is 0 Å². The summed E-state index contributed by atoms with van der Waals surface area (Å²) in [4.78, 5) is 11.9. The fraction of sp³-hybridized carbons (Fsp3) is 0.176. The molecular formula is C17H16Br2N2O4. The summed E-state index contributed by atoms with van der Waals surface area (Å²) in [5.41, 5.74) is 3.05. The number of nitrogens with zero attached hydrogens (tertiary/aromatic N) is 1. The second kappa shape index (κ2) is 9.43. The van der Waals surface area contributed by atoms with Crippen LogP contribution in [0, 0.1) is 0 Å². The van der Waals surface area contributed by atoms with Gasteiger partial charge >= 0.3 is 0 Å². The molecule has 1 aromatic carbocycles. The van der Waals surface area contributed by atoms with Gasteiger partial charge in [0.05, 0.1) is 23.6 Å². The van der Waals surface area contributed by atoms with Crippen molar-refractivity contribution in [1.82, 2.24) is 5.43 Å². The third-order valence-electron chi connectivity index (χ3n) is 2.93. The molecule has 25 heavy (non-hydrogen) atoms. The third-order valence-corrected chi connectivity index (χ3v) is 3.98. The van der Waals surface area contributed by atoms with Gasteiger partial charge in [0.15, 0.2) is 18.1 Å². The summed E-state index contributed by atoms with van der Waals surface area (Å²) in [6.07, 6.45) is 5.07. The summed E-state index contributed by atoms with van der Waals surface area (Å²) in [5.74, 6) is 1.27. The fourth-order valence-corrected chi connectivity index (χ4v) is 3.08. The molecule has 0 bridgehead atoms. The maximum Gasteiger partial charge on any atom is 0.277 e. The summed E-state index contributed by atoms with van der Waals surface area (Å²) >= 11 is 6.74. The zero-order valence-electron chi connectivity index (χ0n) is 13.6. The molecule has 0 aliphatic rings. The Morgan fingerprint density at radius 1 is 1.40 bits per heavy atom. The van der Waals surface area contributed by atoms with Crippen LogP contribution in [0.5, 0.6) is 11.5 Å². The summed E-state index contributed by atoms with van der Waals surface area (Å²) < 4.78 is 17.4. The molecule has 0 saturated carbocycles. The van der Waals surface area contributed by atoms with Crippen molar-refractivity contribution in [2.75, 3.05) is 13.7 Å². The van der Waals surface area contributed by atoms with E-state index in [1.54, 1.807) is 43.5 Å². The van der Waals surface area contributed by atoms with Gasteiger partial charge in [-0.25, -0.2) is 5.43 Å². The van der Waals surface area contributed by atoms with Crippen LogP contribution in [0.25, 0.3) is 6.08 Å². The SMILES string of the molecule is COc1cc(Br)cc(Br)c1OCC(=O)NN=C(C)/C=C/c1ccco1. The first-order chi connectivity index (χ1) is 12.0. The number of hydrogen-bond acceptors (Lipinski definition) is 5. The number of carbonyl (C=O) groups excluding carboxylic acids is 1. The molecule has 6 nitrogen and oxygen atoms in total. The molecule has 0 radical (unpaired) electrons. The molecule has 0 aliphatic carbocycles. The van der Waals surface area contributed by atoms with Crippen molar-refractivity contribution in [3.05, 3.63) is 51.3 Å². The Morgan fingerprint density at radius 3 is 2.88 bits per heavy atom. The van der Waals surface area contributed by atoms with Gasteiger partial charge in [-0.15, -0.1) is 0 Å². The van der Waals surface area contributed by atoms with Crippen molar-refractivity contribution >= 4 is 49.6 Å². The average Bonchev–Trinajstić information content (AvgIpc) is 3.10. The minimum absolute atomic E-state index is 0.199. The van der Waals surface area contributed by atoms with Crippen molar-refractivity contribution in [3.8, 4) is 11.5 Å². The molecule has 8 heteroatoms. The quantitative estimate of drug-likeness (QED) is 0.479. The second-order valence-corrected chi connectivity index (χ2v) is 6.61. The first-order valence-corrected chi connectivity index (χ1v) is 8.78. The summed E-state index contributed by atoms with van der Waals surface area (Å²) in [6, 6.07) is 7.16. The van der Waals surface area contributed by atoms with Gasteiger partial charge in [0.1, 0.15) is 5.76 Å². The van der Waals surface area contributed by atoms with Gasteiger partial charge in [-0.05, 0) is 59.3 Å². The van der Waals surface area contributed by atoms with Crippen LogP contribution in [0.3, 0.4) is 0 Å². The van der Waals surface area contributed by atoms with E-state index < -0.39 is 0 Å². The normalized spacial score (nSPS) is 11.6. The van der Waals surface area contributed by atoms with E-state index in [0.29, 0.717) is 27.4 Å². The van der Waals surface area contributed by atoms with Gasteiger partial charge in [-0.1, -0.05) is 15.9 Å². The number of carbonyl (C=O) groups is 1. The van der Waals surface area contributed by atoms with E-state index in [2.05, 4.69) is 42.4 Å². The molecule has 2 rings (SSSR count). The Bertz CT molecular complexity index is 786. The highest BCUT2D eigenvalue weighted by Crippen LogP contribution is 2.38. The van der Waals surface area contributed by atoms with Crippen LogP contribution in [0.2, 0.25) is 0 Å². The Morgan fingerprint density at radius 2 is 2.20 bits per heavy atom. The van der Waals surface area contributed by atoms with Crippen LogP contribution >= 0.6 is 31.9 Å². The number of nitrogens with one attached hydrogen (secondary N) is 1. The van der Waals surface area contributed by atoms with E-state index in [1.165, 1.54) is 7.11 Å². The highest BCUT2D eigenvalue weighted by Gasteiger charge is 2.12. The van der Waals surface area contributed by atoms with E-state index in [-0.39, 0.29) is 12.5 Å². The lowest BCUT2D eigenvalue weighted by Crippen LogP contribution is -2.25. The van der Waals surface area contributed by atoms with Crippen molar-refractivity contribution in [2.45, 2.75) is 6.92 Å². The highest BCUT2D eigenvalue weighted by molar-refractivity contribution is 9.11. The predicted molar refractivity (Wildman–Crippen MR) is 103 cm³/mol. The molecular weight excluding hydrogens is 456 g/mol. The number of hydrogen-bond donors (Lipinski definition) is 1. The molecule has 1 heterocycles. The Balaban J connectivity index is 1.90. The monoisotopic (exact) mass is 470 g/mol. The summed E-state index contributed by atoms with van der Waals surface area (Å²) in [7, 11) is 1.53.